The zero-order valence-corrected chi connectivity index (χ0v) is 15.1. The van der Waals surface area contributed by atoms with E-state index in [1.54, 1.807) is 0 Å². The van der Waals surface area contributed by atoms with Crippen molar-refractivity contribution in [2.75, 3.05) is 0 Å². The lowest BCUT2D eigenvalue weighted by atomic mass is 9.84. The number of rotatable bonds is 5. The van der Waals surface area contributed by atoms with Gasteiger partial charge in [0, 0.05) is 12.5 Å². The molecule has 2 aliphatic rings. The van der Waals surface area contributed by atoms with Crippen molar-refractivity contribution in [3.8, 4) is 0 Å². The topological polar surface area (TPSA) is 46.9 Å². The summed E-state index contributed by atoms with van der Waals surface area (Å²) in [5.41, 5.74) is -0.870. The molecule has 1 amide bonds. The number of carbonyl (C=O) groups excluding carboxylic acids is 1. The highest BCUT2D eigenvalue weighted by molar-refractivity contribution is 6.31. The van der Waals surface area contributed by atoms with Crippen molar-refractivity contribution >= 4 is 17.5 Å². The fourth-order valence-corrected chi connectivity index (χ4v) is 4.71. The third-order valence-corrected chi connectivity index (χ3v) is 6.23. The van der Waals surface area contributed by atoms with Crippen LogP contribution in [0.15, 0.2) is 0 Å². The molecule has 0 saturated heterocycles. The second-order valence-electron chi connectivity index (χ2n) is 7.41. The van der Waals surface area contributed by atoms with E-state index in [9.17, 15) is 18.0 Å². The van der Waals surface area contributed by atoms with Gasteiger partial charge in [0.15, 0.2) is 5.69 Å². The molecule has 2 saturated carbocycles. The van der Waals surface area contributed by atoms with Crippen molar-refractivity contribution in [2.24, 2.45) is 17.8 Å². The number of nitrogens with zero attached hydrogens (tertiary/aromatic N) is 2. The van der Waals surface area contributed by atoms with Gasteiger partial charge >= 0.3 is 6.18 Å². The third-order valence-electron chi connectivity index (χ3n) is 5.78. The Morgan fingerprint density at radius 1 is 1.40 bits per heavy atom. The monoisotopic (exact) mass is 377 g/mol. The van der Waals surface area contributed by atoms with Gasteiger partial charge in [0.05, 0.1) is 17.3 Å². The van der Waals surface area contributed by atoms with Gasteiger partial charge in [-0.1, -0.05) is 18.0 Å². The second-order valence-corrected chi connectivity index (χ2v) is 7.79. The second kappa shape index (κ2) is 6.82. The Hall–Kier alpha value is -1.24. The molecule has 1 N–H and O–H groups in total. The summed E-state index contributed by atoms with van der Waals surface area (Å²) < 4.78 is 39.6. The maximum atomic E-state index is 12.8. The Kier molecular flexibility index (Phi) is 5.06. The molecule has 1 heterocycles. The van der Waals surface area contributed by atoms with Crippen LogP contribution in [-0.2, 0) is 17.5 Å². The Labute approximate surface area is 150 Å². The molecule has 4 nitrogen and oxygen atoms in total. The summed E-state index contributed by atoms with van der Waals surface area (Å²) >= 11 is 5.72. The first kappa shape index (κ1) is 18.5. The Morgan fingerprint density at radius 3 is 2.64 bits per heavy atom. The molecule has 8 heteroatoms. The molecule has 3 rings (SSSR count). The first-order chi connectivity index (χ1) is 11.7. The number of hydrogen-bond acceptors (Lipinski definition) is 2. The van der Waals surface area contributed by atoms with E-state index in [4.69, 9.17) is 11.6 Å². The summed E-state index contributed by atoms with van der Waals surface area (Å²) in [5.74, 6) is 1.89. The van der Waals surface area contributed by atoms with E-state index in [2.05, 4.69) is 10.4 Å². The fraction of sp³-hybridized carbons (Fsp3) is 0.765. The van der Waals surface area contributed by atoms with E-state index in [1.807, 2.05) is 6.92 Å². The van der Waals surface area contributed by atoms with Crippen LogP contribution in [-0.4, -0.2) is 21.7 Å². The number of aromatic nitrogens is 2. The number of nitrogens with one attached hydrogen (secondary N) is 1. The zero-order valence-electron chi connectivity index (χ0n) is 14.4. The first-order valence-electron chi connectivity index (χ1n) is 8.76. The molecule has 140 valence electrons. The quantitative estimate of drug-likeness (QED) is 0.836. The van der Waals surface area contributed by atoms with Crippen molar-refractivity contribution < 1.29 is 18.0 Å². The molecule has 2 aliphatic carbocycles. The number of fused-ring (bicyclic) bond motifs is 2. The van der Waals surface area contributed by atoms with Crippen molar-refractivity contribution in [1.29, 1.82) is 0 Å². The minimum atomic E-state index is -4.59. The lowest BCUT2D eigenvalue weighted by molar-refractivity contribution is -0.141. The van der Waals surface area contributed by atoms with Gasteiger partial charge in [-0.25, -0.2) is 0 Å². The highest BCUT2D eigenvalue weighted by Gasteiger charge is 2.42. The zero-order chi connectivity index (χ0) is 18.4. The minimum Gasteiger partial charge on any atom is -0.353 e. The molecule has 1 aromatic heterocycles. The average molecular weight is 378 g/mol. The smallest absolute Gasteiger partial charge is 0.353 e. The molecule has 0 aromatic carbocycles. The van der Waals surface area contributed by atoms with Crippen LogP contribution in [0, 0.1) is 24.7 Å². The fourth-order valence-electron chi connectivity index (χ4n) is 4.47. The van der Waals surface area contributed by atoms with Crippen LogP contribution >= 0.6 is 11.6 Å². The maximum absolute atomic E-state index is 12.8. The van der Waals surface area contributed by atoms with Crippen LogP contribution in [0.1, 0.15) is 50.4 Å². The van der Waals surface area contributed by atoms with E-state index in [-0.39, 0.29) is 30.6 Å². The molecule has 0 radical (unpaired) electrons. The summed E-state index contributed by atoms with van der Waals surface area (Å²) in [7, 11) is 0. The number of hydrogen-bond donors (Lipinski definition) is 1. The van der Waals surface area contributed by atoms with Gasteiger partial charge in [0.2, 0.25) is 5.91 Å². The average Bonchev–Trinajstić information content (AvgIpc) is 3.21. The third kappa shape index (κ3) is 3.81. The van der Waals surface area contributed by atoms with Crippen molar-refractivity contribution in [3.05, 3.63) is 16.4 Å². The molecular formula is C17H23ClF3N3O. The summed E-state index contributed by atoms with van der Waals surface area (Å²) in [5, 5.41) is 6.13. The Bertz CT molecular complexity index is 658. The SMILES string of the molecule is Cc1c(Cl)c(C(F)(F)F)nn1CCC(=O)N[C@H](C)[C@@H]1C[C@H]2CC[C@H]1C2. The molecule has 0 spiro atoms. The first-order valence-corrected chi connectivity index (χ1v) is 9.14. The van der Waals surface area contributed by atoms with Crippen LogP contribution in [0.5, 0.6) is 0 Å². The normalized spacial score (nSPS) is 26.9. The van der Waals surface area contributed by atoms with Crippen LogP contribution in [0.4, 0.5) is 13.2 Å². The lowest BCUT2D eigenvalue weighted by Crippen LogP contribution is -2.40. The largest absolute Gasteiger partial charge is 0.436 e. The van der Waals surface area contributed by atoms with Gasteiger partial charge in [0.25, 0.3) is 0 Å². The molecule has 0 aliphatic heterocycles. The van der Waals surface area contributed by atoms with E-state index in [0.717, 1.165) is 10.6 Å². The maximum Gasteiger partial charge on any atom is 0.436 e. The van der Waals surface area contributed by atoms with Crippen molar-refractivity contribution in [1.82, 2.24) is 15.1 Å². The number of aryl methyl sites for hydroxylation is 1. The van der Waals surface area contributed by atoms with Gasteiger partial charge in [-0.15, -0.1) is 0 Å². The molecule has 2 fully saturated rings. The van der Waals surface area contributed by atoms with E-state index in [0.29, 0.717) is 11.8 Å². The molecule has 4 atom stereocenters. The van der Waals surface area contributed by atoms with Crippen molar-refractivity contribution in [3.63, 3.8) is 0 Å². The predicted octanol–water partition coefficient (Wildman–Crippen LogP) is 4.19. The minimum absolute atomic E-state index is 0.0803. The summed E-state index contributed by atoms with van der Waals surface area (Å²) in [4.78, 5) is 12.2. The number of amides is 1. The van der Waals surface area contributed by atoms with Gasteiger partial charge in [-0.2, -0.15) is 18.3 Å². The standard InChI is InChI=1S/C17H23ClF3N3O/c1-9(13-8-11-3-4-12(13)7-11)22-14(25)5-6-24-10(2)15(18)16(23-24)17(19,20)21/h9,11-13H,3-8H2,1-2H3,(H,22,25)/t9-,11+,12+,13+/m1/s1. The highest BCUT2D eigenvalue weighted by Crippen LogP contribution is 2.49. The number of alkyl halides is 3. The van der Waals surface area contributed by atoms with Gasteiger partial charge < -0.3 is 5.32 Å². The molecule has 0 unspecified atom stereocenters. The number of halogens is 4. The summed E-state index contributed by atoms with van der Waals surface area (Å²) in [6, 6.07) is 0.107. The van der Waals surface area contributed by atoms with Crippen LogP contribution in [0.3, 0.4) is 0 Å². The van der Waals surface area contributed by atoms with Crippen LogP contribution in [0.25, 0.3) is 0 Å². The summed E-state index contributed by atoms with van der Waals surface area (Å²) in [6.45, 7) is 3.58. The van der Waals surface area contributed by atoms with Gasteiger partial charge in [0.1, 0.15) is 0 Å². The molecule has 25 heavy (non-hydrogen) atoms. The van der Waals surface area contributed by atoms with Crippen LogP contribution < -0.4 is 5.32 Å². The van der Waals surface area contributed by atoms with E-state index in [1.165, 1.54) is 32.6 Å². The predicted molar refractivity (Wildman–Crippen MR) is 88.1 cm³/mol. The molecule has 1 aromatic rings. The van der Waals surface area contributed by atoms with E-state index >= 15 is 0 Å². The van der Waals surface area contributed by atoms with Crippen LogP contribution in [0.2, 0.25) is 5.02 Å². The van der Waals surface area contributed by atoms with E-state index < -0.39 is 16.9 Å². The highest BCUT2D eigenvalue weighted by atomic mass is 35.5. The van der Waals surface area contributed by atoms with Crippen molar-refractivity contribution in [2.45, 2.75) is 64.7 Å². The lowest BCUT2D eigenvalue weighted by Gasteiger charge is -2.28. The molecule has 2 bridgehead atoms. The molecular weight excluding hydrogens is 355 g/mol. The Morgan fingerprint density at radius 2 is 2.12 bits per heavy atom. The summed E-state index contributed by atoms with van der Waals surface area (Å²) in [6.07, 6.45) is 0.501. The van der Waals surface area contributed by atoms with Gasteiger partial charge in [-0.3, -0.25) is 9.48 Å². The number of carbonyl (C=O) groups is 1. The van der Waals surface area contributed by atoms with Gasteiger partial charge in [-0.05, 0) is 50.9 Å². The Balaban J connectivity index is 1.54.